The summed E-state index contributed by atoms with van der Waals surface area (Å²) in [4.78, 5) is 27.1. The zero-order valence-electron chi connectivity index (χ0n) is 33.9. The highest BCUT2D eigenvalue weighted by molar-refractivity contribution is 5.88. The van der Waals surface area contributed by atoms with E-state index in [1.54, 1.807) is 32.9 Å². The molecule has 6 rings (SSSR count). The standard InChI is InChI=1S/C45H66O8/c1-11-27(2)38(49)51-28(3)37(52-36(48)18-17-29-15-13-12-14-16-29)45-33(26-40(4,5)6)44(53-39(45)50)24-20-31-42(9)23-21-34(46)41(7,8)30(42)19-22-43(31,10)32(44)25-35(45)47/h11-18,28,30-35,37,39,46-47,50H,19-26H2,1-10H3/b18-17-,27-11-/t28-,30?,31?,32?,33?,34+,35-,37+,39?,42+,43-,44-,45?/m1/s1. The van der Waals surface area contributed by atoms with E-state index in [9.17, 15) is 24.9 Å². The predicted molar refractivity (Wildman–Crippen MR) is 205 cm³/mol. The predicted octanol–water partition coefficient (Wildman–Crippen LogP) is 8.03. The van der Waals surface area contributed by atoms with E-state index in [0.717, 1.165) is 37.7 Å². The number of hydrogen-bond donors (Lipinski definition) is 3. The maximum absolute atomic E-state index is 13.8. The number of allylic oxidation sites excluding steroid dienone is 1. The number of esters is 2. The molecule has 1 aromatic carbocycles. The van der Waals surface area contributed by atoms with Gasteiger partial charge in [-0.3, -0.25) is 0 Å². The van der Waals surface area contributed by atoms with Crippen molar-refractivity contribution in [2.75, 3.05) is 0 Å². The Kier molecular flexibility index (Phi) is 10.5. The molecule has 1 aromatic rings. The van der Waals surface area contributed by atoms with Gasteiger partial charge in [-0.1, -0.05) is 84.9 Å². The SMILES string of the molecule is C/C=C(/C)C(=O)O[C@H](C)[C@H](OC(=O)/C=C\c1ccccc1)C12C(O)O[C@@]3(CCC4[C@@]5(C)CC[C@H](O)C(C)(C)C5CC[C@@]4(C)C3C[C@H]1O)C2CC(C)(C)C. The van der Waals surface area contributed by atoms with Crippen molar-refractivity contribution >= 4 is 18.0 Å². The number of aliphatic hydroxyl groups excluding tert-OH is 3. The van der Waals surface area contributed by atoms with Crippen molar-refractivity contribution in [2.45, 2.75) is 157 Å². The van der Waals surface area contributed by atoms with Gasteiger partial charge in [0.1, 0.15) is 6.10 Å². The van der Waals surface area contributed by atoms with Crippen molar-refractivity contribution < 1.29 is 39.1 Å². The van der Waals surface area contributed by atoms with Gasteiger partial charge in [0.05, 0.1) is 23.2 Å². The molecule has 13 atom stereocenters. The Labute approximate surface area is 317 Å². The number of ether oxygens (including phenoxy) is 3. The van der Waals surface area contributed by atoms with Crippen LogP contribution < -0.4 is 0 Å². The lowest BCUT2D eigenvalue weighted by atomic mass is 9.35. The van der Waals surface area contributed by atoms with Crippen LogP contribution in [0.1, 0.15) is 126 Å². The Morgan fingerprint density at radius 2 is 1.53 bits per heavy atom. The Balaban J connectivity index is 1.45. The summed E-state index contributed by atoms with van der Waals surface area (Å²) in [5.74, 6) is -0.941. The Hall–Kier alpha value is -2.52. The molecule has 5 fully saturated rings. The van der Waals surface area contributed by atoms with Gasteiger partial charge < -0.3 is 29.5 Å². The van der Waals surface area contributed by atoms with E-state index in [2.05, 4.69) is 48.5 Å². The number of hydrogen-bond acceptors (Lipinski definition) is 8. The molecule has 0 amide bonds. The summed E-state index contributed by atoms with van der Waals surface area (Å²) in [6.07, 6.45) is 5.84. The average Bonchev–Trinajstić information content (AvgIpc) is 3.25. The topological polar surface area (TPSA) is 123 Å². The van der Waals surface area contributed by atoms with Crippen LogP contribution in [-0.2, 0) is 23.8 Å². The van der Waals surface area contributed by atoms with Crippen molar-refractivity contribution in [1.82, 2.24) is 0 Å². The van der Waals surface area contributed by atoms with Crippen LogP contribution in [0.4, 0.5) is 0 Å². The highest BCUT2D eigenvalue weighted by Crippen LogP contribution is 2.76. The fraction of sp³-hybridized carbons (Fsp3) is 0.733. The number of aliphatic hydroxyl groups is 3. The second-order valence-corrected chi connectivity index (χ2v) is 19.8. The van der Waals surface area contributed by atoms with Crippen molar-refractivity contribution in [1.29, 1.82) is 0 Å². The van der Waals surface area contributed by atoms with Crippen LogP contribution in [0.2, 0.25) is 0 Å². The summed E-state index contributed by atoms with van der Waals surface area (Å²) in [7, 11) is 0. The monoisotopic (exact) mass is 734 g/mol. The van der Waals surface area contributed by atoms with Gasteiger partial charge in [0.15, 0.2) is 12.4 Å². The third-order valence-electron chi connectivity index (χ3n) is 15.5. The van der Waals surface area contributed by atoms with E-state index in [4.69, 9.17) is 14.2 Å². The lowest BCUT2D eigenvalue weighted by molar-refractivity contribution is -0.263. The number of fused-ring (bicyclic) bond motifs is 5. The molecule has 0 aromatic heterocycles. The average molecular weight is 735 g/mol. The van der Waals surface area contributed by atoms with E-state index in [-0.39, 0.29) is 33.7 Å². The number of benzene rings is 1. The molecule has 0 radical (unpaired) electrons. The molecule has 4 aliphatic carbocycles. The molecule has 2 bridgehead atoms. The summed E-state index contributed by atoms with van der Waals surface area (Å²) in [6, 6.07) is 9.44. The zero-order chi connectivity index (χ0) is 38.9. The van der Waals surface area contributed by atoms with Crippen LogP contribution in [-0.4, -0.2) is 63.6 Å². The van der Waals surface area contributed by atoms with Crippen LogP contribution >= 0.6 is 0 Å². The van der Waals surface area contributed by atoms with Gasteiger partial charge in [0, 0.05) is 17.6 Å². The smallest absolute Gasteiger partial charge is 0.333 e. The summed E-state index contributed by atoms with van der Waals surface area (Å²) in [5.41, 5.74) is -1.64. The lowest BCUT2D eigenvalue weighted by Crippen LogP contribution is -2.71. The third kappa shape index (κ3) is 6.36. The number of carbonyl (C=O) groups excluding carboxylic acids is 2. The highest BCUT2D eigenvalue weighted by Gasteiger charge is 2.80. The number of carbonyl (C=O) groups is 2. The molecule has 4 saturated carbocycles. The van der Waals surface area contributed by atoms with Crippen molar-refractivity contribution in [3.8, 4) is 0 Å². The second-order valence-electron chi connectivity index (χ2n) is 19.8. The third-order valence-corrected chi connectivity index (χ3v) is 15.5. The Morgan fingerprint density at radius 3 is 2.17 bits per heavy atom. The summed E-state index contributed by atoms with van der Waals surface area (Å²) < 4.78 is 19.5. The van der Waals surface area contributed by atoms with E-state index in [1.807, 2.05) is 30.3 Å². The molecule has 53 heavy (non-hydrogen) atoms. The van der Waals surface area contributed by atoms with E-state index in [1.165, 1.54) is 6.08 Å². The number of rotatable bonds is 8. The largest absolute Gasteiger partial charge is 0.455 e. The minimum absolute atomic E-state index is 0.0180. The first-order valence-corrected chi connectivity index (χ1v) is 20.2. The van der Waals surface area contributed by atoms with Gasteiger partial charge in [-0.2, -0.15) is 0 Å². The summed E-state index contributed by atoms with van der Waals surface area (Å²) >= 11 is 0. The van der Waals surface area contributed by atoms with Crippen LogP contribution in [0.3, 0.4) is 0 Å². The van der Waals surface area contributed by atoms with Gasteiger partial charge in [-0.05, 0) is 123 Å². The normalized spacial score (nSPS) is 41.8. The molecular formula is C45H66O8. The molecule has 294 valence electrons. The summed E-state index contributed by atoms with van der Waals surface area (Å²) in [6.45, 7) is 20.9. The molecule has 5 aliphatic rings. The van der Waals surface area contributed by atoms with Crippen LogP contribution in [0, 0.1) is 50.7 Å². The first-order chi connectivity index (χ1) is 24.7. The molecule has 3 N–H and O–H groups in total. The fourth-order valence-corrected chi connectivity index (χ4v) is 13.0. The molecule has 8 heteroatoms. The van der Waals surface area contributed by atoms with E-state index in [0.29, 0.717) is 36.7 Å². The van der Waals surface area contributed by atoms with Gasteiger partial charge in [-0.25, -0.2) is 9.59 Å². The highest BCUT2D eigenvalue weighted by atomic mass is 16.6. The van der Waals surface area contributed by atoms with Crippen LogP contribution in [0.15, 0.2) is 48.1 Å². The van der Waals surface area contributed by atoms with Crippen molar-refractivity contribution in [3.63, 3.8) is 0 Å². The lowest BCUT2D eigenvalue weighted by Gasteiger charge is -2.70. The fourth-order valence-electron chi connectivity index (χ4n) is 13.0. The van der Waals surface area contributed by atoms with E-state index < -0.39 is 53.5 Å². The van der Waals surface area contributed by atoms with E-state index >= 15 is 0 Å². The van der Waals surface area contributed by atoms with Gasteiger partial charge >= 0.3 is 11.9 Å². The quantitative estimate of drug-likeness (QED) is 0.181. The van der Waals surface area contributed by atoms with Crippen LogP contribution in [0.25, 0.3) is 6.08 Å². The first-order valence-electron chi connectivity index (χ1n) is 20.2. The molecule has 1 spiro atoms. The van der Waals surface area contributed by atoms with Gasteiger partial charge in [0.25, 0.3) is 0 Å². The van der Waals surface area contributed by atoms with Crippen molar-refractivity contribution in [3.05, 3.63) is 53.6 Å². The molecular weight excluding hydrogens is 668 g/mol. The Bertz CT molecular complexity index is 1590. The maximum Gasteiger partial charge on any atom is 0.333 e. The maximum atomic E-state index is 13.8. The molecule has 8 nitrogen and oxygen atoms in total. The molecule has 1 heterocycles. The molecule has 1 aliphatic heterocycles. The minimum Gasteiger partial charge on any atom is -0.455 e. The van der Waals surface area contributed by atoms with Crippen molar-refractivity contribution in [2.24, 2.45) is 50.7 Å². The van der Waals surface area contributed by atoms with Gasteiger partial charge in [0.2, 0.25) is 0 Å². The minimum atomic E-state index is -1.47. The first kappa shape index (κ1) is 40.2. The molecule has 6 unspecified atom stereocenters. The second kappa shape index (κ2) is 13.9. The zero-order valence-corrected chi connectivity index (χ0v) is 33.9. The molecule has 1 saturated heterocycles. The van der Waals surface area contributed by atoms with Gasteiger partial charge in [-0.15, -0.1) is 0 Å². The Morgan fingerprint density at radius 1 is 0.906 bits per heavy atom. The van der Waals surface area contributed by atoms with Crippen LogP contribution in [0.5, 0.6) is 0 Å². The summed E-state index contributed by atoms with van der Waals surface area (Å²) in [5, 5.41) is 36.5.